The van der Waals surface area contributed by atoms with Gasteiger partial charge in [-0.2, -0.15) is 4.80 Å². The molecule has 13 heavy (non-hydrogen) atoms. The first-order valence-electron chi connectivity index (χ1n) is 3.82. The van der Waals surface area contributed by atoms with E-state index in [9.17, 15) is 4.79 Å². The third kappa shape index (κ3) is 3.37. The second kappa shape index (κ2) is 4.76. The number of nitrogens with one attached hydrogen (secondary N) is 1. The van der Waals surface area contributed by atoms with Gasteiger partial charge in [-0.05, 0) is 12.1 Å². The van der Waals surface area contributed by atoms with Crippen molar-refractivity contribution in [1.82, 2.24) is 25.5 Å². The van der Waals surface area contributed by atoms with Crippen LogP contribution in [0.4, 0.5) is 0 Å². The molecule has 72 valence electrons. The Hall–Kier alpha value is -1.17. The molecule has 1 heterocycles. The van der Waals surface area contributed by atoms with Crippen molar-refractivity contribution < 1.29 is 4.79 Å². The molecule has 1 aromatic rings. The van der Waals surface area contributed by atoms with Crippen molar-refractivity contribution in [3.05, 3.63) is 6.33 Å². The van der Waals surface area contributed by atoms with Gasteiger partial charge in [0.15, 0.2) is 6.33 Å². The molecular weight excluding hydrogens is 194 g/mol. The first-order chi connectivity index (χ1) is 6.20. The van der Waals surface area contributed by atoms with Crippen molar-refractivity contribution >= 4 is 17.5 Å². The summed E-state index contributed by atoms with van der Waals surface area (Å²) >= 11 is 5.53. The predicted molar refractivity (Wildman–Crippen MR) is 46.1 cm³/mol. The molecule has 0 radical (unpaired) electrons. The van der Waals surface area contributed by atoms with Gasteiger partial charge in [0, 0.05) is 6.54 Å². The minimum Gasteiger partial charge on any atom is -0.353 e. The lowest BCUT2D eigenvalue weighted by Crippen LogP contribution is -2.32. The minimum atomic E-state index is -0.510. The molecular formula is C6H10ClN5O. The average Bonchev–Trinajstić information content (AvgIpc) is 2.56. The number of tetrazole rings is 1. The Kier molecular flexibility index (Phi) is 3.63. The van der Waals surface area contributed by atoms with Gasteiger partial charge in [0.05, 0.1) is 6.54 Å². The number of hydrogen-bond donors (Lipinski definition) is 1. The Bertz CT molecular complexity index is 260. The molecule has 0 aliphatic rings. The van der Waals surface area contributed by atoms with Crippen LogP contribution in [-0.2, 0) is 11.3 Å². The number of alkyl halides is 1. The molecule has 1 unspecified atom stereocenters. The number of aromatic nitrogens is 4. The van der Waals surface area contributed by atoms with Gasteiger partial charge >= 0.3 is 0 Å². The maximum Gasteiger partial charge on any atom is 0.237 e. The van der Waals surface area contributed by atoms with Gasteiger partial charge in [-0.15, -0.1) is 21.8 Å². The smallest absolute Gasteiger partial charge is 0.237 e. The first-order valence-corrected chi connectivity index (χ1v) is 4.26. The number of carbonyl (C=O) groups excluding carboxylic acids is 1. The SMILES string of the molecule is CC(Cl)C(=O)NCCn1ncnn1. The second-order valence-electron chi connectivity index (χ2n) is 2.44. The maximum absolute atomic E-state index is 11.0. The van der Waals surface area contributed by atoms with E-state index in [1.807, 2.05) is 0 Å². The molecule has 0 saturated heterocycles. The lowest BCUT2D eigenvalue weighted by atomic mass is 10.4. The summed E-state index contributed by atoms with van der Waals surface area (Å²) in [6.45, 7) is 2.56. The topological polar surface area (TPSA) is 72.7 Å². The van der Waals surface area contributed by atoms with Crippen LogP contribution >= 0.6 is 11.6 Å². The third-order valence-electron chi connectivity index (χ3n) is 1.36. The quantitative estimate of drug-likeness (QED) is 0.665. The van der Waals surface area contributed by atoms with Crippen molar-refractivity contribution in [1.29, 1.82) is 0 Å². The largest absolute Gasteiger partial charge is 0.353 e. The van der Waals surface area contributed by atoms with E-state index in [1.165, 1.54) is 11.1 Å². The van der Waals surface area contributed by atoms with Gasteiger partial charge in [0.2, 0.25) is 5.91 Å². The molecule has 1 atom stereocenters. The van der Waals surface area contributed by atoms with Crippen LogP contribution in [0.5, 0.6) is 0 Å². The summed E-state index contributed by atoms with van der Waals surface area (Å²) in [5, 5.41) is 13.0. The molecule has 0 saturated carbocycles. The molecule has 1 amide bonds. The molecule has 1 rings (SSSR count). The summed E-state index contributed by atoms with van der Waals surface area (Å²) in [4.78, 5) is 12.4. The summed E-state index contributed by atoms with van der Waals surface area (Å²) in [5.74, 6) is -0.193. The highest BCUT2D eigenvalue weighted by Gasteiger charge is 2.07. The molecule has 1 aromatic heterocycles. The van der Waals surface area contributed by atoms with Crippen molar-refractivity contribution in [2.75, 3.05) is 6.54 Å². The van der Waals surface area contributed by atoms with E-state index >= 15 is 0 Å². The van der Waals surface area contributed by atoms with E-state index in [2.05, 4.69) is 20.7 Å². The standard InChI is InChI=1S/C6H10ClN5O/c1-5(7)6(13)8-2-3-12-10-4-9-11-12/h4-5H,2-3H2,1H3,(H,8,13). The van der Waals surface area contributed by atoms with Crippen LogP contribution in [-0.4, -0.2) is 38.0 Å². The lowest BCUT2D eigenvalue weighted by molar-refractivity contribution is -0.120. The highest BCUT2D eigenvalue weighted by Crippen LogP contribution is 1.91. The molecule has 0 aliphatic heterocycles. The fourth-order valence-corrected chi connectivity index (χ4v) is 0.788. The Balaban J connectivity index is 2.18. The molecule has 0 spiro atoms. The molecule has 0 fully saturated rings. The van der Waals surface area contributed by atoms with Gasteiger partial charge in [-0.25, -0.2) is 0 Å². The normalized spacial score (nSPS) is 12.5. The molecule has 1 N–H and O–H groups in total. The van der Waals surface area contributed by atoms with E-state index in [0.29, 0.717) is 13.1 Å². The van der Waals surface area contributed by atoms with Gasteiger partial charge in [-0.1, -0.05) is 0 Å². The summed E-state index contributed by atoms with van der Waals surface area (Å²) in [7, 11) is 0. The van der Waals surface area contributed by atoms with E-state index < -0.39 is 5.38 Å². The van der Waals surface area contributed by atoms with E-state index in [-0.39, 0.29) is 5.91 Å². The van der Waals surface area contributed by atoms with Crippen LogP contribution < -0.4 is 5.32 Å². The number of halogens is 1. The van der Waals surface area contributed by atoms with Crippen LogP contribution in [0.15, 0.2) is 6.33 Å². The van der Waals surface area contributed by atoms with Gasteiger partial charge in [0.1, 0.15) is 5.38 Å². The summed E-state index contributed by atoms with van der Waals surface area (Å²) in [6.07, 6.45) is 1.34. The fourth-order valence-electron chi connectivity index (χ4n) is 0.711. The number of nitrogens with zero attached hydrogens (tertiary/aromatic N) is 4. The Morgan fingerprint density at radius 2 is 2.54 bits per heavy atom. The Labute approximate surface area is 80.3 Å². The average molecular weight is 204 g/mol. The predicted octanol–water partition coefficient (Wildman–Crippen LogP) is -0.583. The minimum absolute atomic E-state index is 0.193. The molecule has 6 nitrogen and oxygen atoms in total. The molecule has 0 aromatic carbocycles. The van der Waals surface area contributed by atoms with Crippen molar-refractivity contribution in [3.63, 3.8) is 0 Å². The summed E-state index contributed by atoms with van der Waals surface area (Å²) < 4.78 is 0. The zero-order valence-electron chi connectivity index (χ0n) is 7.14. The van der Waals surface area contributed by atoms with Gasteiger partial charge in [0.25, 0.3) is 0 Å². The summed E-state index contributed by atoms with van der Waals surface area (Å²) in [6, 6.07) is 0. The first kappa shape index (κ1) is 9.91. The molecule has 0 aliphatic carbocycles. The van der Waals surface area contributed by atoms with Crippen molar-refractivity contribution in [3.8, 4) is 0 Å². The van der Waals surface area contributed by atoms with Crippen LogP contribution in [0, 0.1) is 0 Å². The monoisotopic (exact) mass is 203 g/mol. The fraction of sp³-hybridized carbons (Fsp3) is 0.667. The van der Waals surface area contributed by atoms with Crippen molar-refractivity contribution in [2.45, 2.75) is 18.8 Å². The summed E-state index contributed by atoms with van der Waals surface area (Å²) in [5.41, 5.74) is 0. The third-order valence-corrected chi connectivity index (χ3v) is 1.56. The maximum atomic E-state index is 11.0. The second-order valence-corrected chi connectivity index (χ2v) is 3.09. The van der Waals surface area contributed by atoms with Crippen LogP contribution in [0.25, 0.3) is 0 Å². The lowest BCUT2D eigenvalue weighted by Gasteiger charge is -2.04. The van der Waals surface area contributed by atoms with E-state index in [4.69, 9.17) is 11.6 Å². The van der Waals surface area contributed by atoms with E-state index in [1.54, 1.807) is 6.92 Å². The Morgan fingerprint density at radius 1 is 1.77 bits per heavy atom. The zero-order valence-corrected chi connectivity index (χ0v) is 7.90. The highest BCUT2D eigenvalue weighted by molar-refractivity contribution is 6.30. The number of hydrogen-bond acceptors (Lipinski definition) is 4. The number of rotatable bonds is 4. The van der Waals surface area contributed by atoms with Crippen LogP contribution in [0.1, 0.15) is 6.92 Å². The van der Waals surface area contributed by atoms with E-state index in [0.717, 1.165) is 0 Å². The molecule has 0 bridgehead atoms. The Morgan fingerprint density at radius 3 is 3.08 bits per heavy atom. The van der Waals surface area contributed by atoms with Crippen molar-refractivity contribution in [2.24, 2.45) is 0 Å². The molecule has 7 heteroatoms. The van der Waals surface area contributed by atoms with Crippen LogP contribution in [0.2, 0.25) is 0 Å². The van der Waals surface area contributed by atoms with Crippen LogP contribution in [0.3, 0.4) is 0 Å². The van der Waals surface area contributed by atoms with Gasteiger partial charge < -0.3 is 5.32 Å². The number of amides is 1. The highest BCUT2D eigenvalue weighted by atomic mass is 35.5. The van der Waals surface area contributed by atoms with Gasteiger partial charge in [-0.3, -0.25) is 4.79 Å². The number of carbonyl (C=O) groups is 1. The zero-order chi connectivity index (χ0) is 9.68.